The summed E-state index contributed by atoms with van der Waals surface area (Å²) in [7, 11) is 0. The fraction of sp³-hybridized carbons (Fsp3) is 0.500. The van der Waals surface area contributed by atoms with Gasteiger partial charge in [-0.15, -0.1) is 0 Å². The number of nitrogens with one attached hydrogen (secondary N) is 1. The number of aromatic nitrogens is 2. The van der Waals surface area contributed by atoms with Crippen molar-refractivity contribution in [1.82, 2.24) is 9.78 Å². The maximum Gasteiger partial charge on any atom is 0.306 e. The third-order valence-corrected chi connectivity index (χ3v) is 5.04. The third kappa shape index (κ3) is 5.21. The Hall–Kier alpha value is -2.63. The minimum absolute atomic E-state index is 0.159. The van der Waals surface area contributed by atoms with E-state index in [1.807, 2.05) is 36.4 Å². The molecular formula is C22H29N3O3. The number of carbonyl (C=O) groups excluding carboxylic acids is 2. The molecule has 1 aromatic heterocycles. The minimum Gasteiger partial charge on any atom is -0.456 e. The van der Waals surface area contributed by atoms with Crippen LogP contribution in [0.15, 0.2) is 36.4 Å². The van der Waals surface area contributed by atoms with Crippen LogP contribution in [0.5, 0.6) is 0 Å². The van der Waals surface area contributed by atoms with Crippen molar-refractivity contribution in [3.63, 3.8) is 0 Å². The van der Waals surface area contributed by atoms with Crippen molar-refractivity contribution in [2.45, 2.75) is 58.3 Å². The fourth-order valence-electron chi connectivity index (χ4n) is 3.44. The summed E-state index contributed by atoms with van der Waals surface area (Å²) in [5.74, 6) is 0.309. The summed E-state index contributed by atoms with van der Waals surface area (Å²) in [5.41, 5.74) is 1.56. The predicted molar refractivity (Wildman–Crippen MR) is 108 cm³/mol. The van der Waals surface area contributed by atoms with Crippen LogP contribution < -0.4 is 5.32 Å². The zero-order valence-electron chi connectivity index (χ0n) is 16.9. The molecule has 2 aromatic rings. The first kappa shape index (κ1) is 20.1. The van der Waals surface area contributed by atoms with Crippen molar-refractivity contribution in [2.75, 3.05) is 11.9 Å². The van der Waals surface area contributed by atoms with Gasteiger partial charge in [0.05, 0.1) is 11.4 Å². The number of hydrogen-bond acceptors (Lipinski definition) is 4. The van der Waals surface area contributed by atoms with Gasteiger partial charge in [-0.3, -0.25) is 9.59 Å². The Labute approximate surface area is 166 Å². The van der Waals surface area contributed by atoms with E-state index in [4.69, 9.17) is 4.74 Å². The molecular weight excluding hydrogens is 354 g/mol. The highest BCUT2D eigenvalue weighted by Crippen LogP contribution is 2.28. The monoisotopic (exact) mass is 383 g/mol. The van der Waals surface area contributed by atoms with Crippen molar-refractivity contribution < 1.29 is 14.3 Å². The Balaban J connectivity index is 1.66. The maximum absolute atomic E-state index is 12.4. The molecule has 6 heteroatoms. The molecule has 0 unspecified atom stereocenters. The number of para-hydroxylation sites is 1. The molecule has 0 atom stereocenters. The van der Waals surface area contributed by atoms with Crippen LogP contribution in [0.25, 0.3) is 5.69 Å². The van der Waals surface area contributed by atoms with Crippen molar-refractivity contribution in [3.05, 3.63) is 42.1 Å². The Bertz CT molecular complexity index is 815. The Morgan fingerprint density at radius 1 is 1.18 bits per heavy atom. The largest absolute Gasteiger partial charge is 0.456 e. The quantitative estimate of drug-likeness (QED) is 0.758. The normalized spacial score (nSPS) is 14.8. The molecule has 1 saturated carbocycles. The molecule has 150 valence electrons. The highest BCUT2D eigenvalue weighted by Gasteiger charge is 2.22. The average Bonchev–Trinajstić information content (AvgIpc) is 3.30. The first-order valence-corrected chi connectivity index (χ1v) is 9.94. The second-order valence-electron chi connectivity index (χ2n) is 8.48. The molecule has 0 spiro atoms. The number of rotatable bonds is 6. The summed E-state index contributed by atoms with van der Waals surface area (Å²) in [6, 6.07) is 11.5. The van der Waals surface area contributed by atoms with Crippen LogP contribution in [0.3, 0.4) is 0 Å². The molecule has 3 rings (SSSR count). The second-order valence-corrected chi connectivity index (χ2v) is 8.48. The number of benzene rings is 1. The standard InChI is InChI=1S/C22H29N3O3/c1-22(2,3)18-14-19(25(24-18)17-11-5-4-6-12-17)23-20(26)15-28-21(27)13-16-9-7-8-10-16/h4-6,11-12,14,16H,7-10,13,15H2,1-3H3,(H,23,26). The van der Waals surface area contributed by atoms with E-state index in [9.17, 15) is 9.59 Å². The lowest BCUT2D eigenvalue weighted by Crippen LogP contribution is -2.23. The van der Waals surface area contributed by atoms with Crippen LogP contribution in [0, 0.1) is 5.92 Å². The third-order valence-electron chi connectivity index (χ3n) is 5.04. The Kier molecular flexibility index (Phi) is 6.17. The molecule has 0 aliphatic heterocycles. The average molecular weight is 383 g/mol. The van der Waals surface area contributed by atoms with E-state index < -0.39 is 0 Å². The molecule has 6 nitrogen and oxygen atoms in total. The van der Waals surface area contributed by atoms with E-state index in [2.05, 4.69) is 31.2 Å². The predicted octanol–water partition coefficient (Wildman–Crippen LogP) is 4.23. The Morgan fingerprint density at radius 2 is 1.86 bits per heavy atom. The number of anilines is 1. The number of nitrogens with zero attached hydrogens (tertiary/aromatic N) is 2. The summed E-state index contributed by atoms with van der Waals surface area (Å²) in [4.78, 5) is 24.3. The van der Waals surface area contributed by atoms with Gasteiger partial charge >= 0.3 is 5.97 Å². The van der Waals surface area contributed by atoms with E-state index in [0.717, 1.165) is 24.2 Å². The van der Waals surface area contributed by atoms with Gasteiger partial charge in [0.1, 0.15) is 5.82 Å². The van der Waals surface area contributed by atoms with E-state index in [1.54, 1.807) is 4.68 Å². The van der Waals surface area contributed by atoms with Gasteiger partial charge in [0.25, 0.3) is 5.91 Å². The molecule has 0 saturated heterocycles. The highest BCUT2D eigenvalue weighted by atomic mass is 16.5. The van der Waals surface area contributed by atoms with E-state index in [-0.39, 0.29) is 23.9 Å². The Morgan fingerprint density at radius 3 is 2.50 bits per heavy atom. The molecule has 1 amide bonds. The summed E-state index contributed by atoms with van der Waals surface area (Å²) < 4.78 is 6.88. The molecule has 1 N–H and O–H groups in total. The van der Waals surface area contributed by atoms with Crippen LogP contribution in [0.1, 0.15) is 58.6 Å². The molecule has 1 aromatic carbocycles. The zero-order valence-corrected chi connectivity index (χ0v) is 16.9. The van der Waals surface area contributed by atoms with Crippen LogP contribution >= 0.6 is 0 Å². The minimum atomic E-state index is -0.364. The zero-order chi connectivity index (χ0) is 20.1. The number of carbonyl (C=O) groups is 2. The maximum atomic E-state index is 12.4. The van der Waals surface area contributed by atoms with Gasteiger partial charge in [-0.05, 0) is 30.9 Å². The molecule has 0 bridgehead atoms. The second kappa shape index (κ2) is 8.59. The van der Waals surface area contributed by atoms with Gasteiger partial charge in [-0.25, -0.2) is 4.68 Å². The van der Waals surface area contributed by atoms with Crippen molar-refractivity contribution >= 4 is 17.7 Å². The van der Waals surface area contributed by atoms with Crippen LogP contribution in [-0.2, 0) is 19.7 Å². The first-order chi connectivity index (χ1) is 13.3. The number of esters is 1. The molecule has 1 heterocycles. The number of ether oxygens (including phenoxy) is 1. The van der Waals surface area contributed by atoms with Crippen molar-refractivity contribution in [1.29, 1.82) is 0 Å². The lowest BCUT2D eigenvalue weighted by atomic mass is 9.92. The van der Waals surface area contributed by atoms with E-state index >= 15 is 0 Å². The van der Waals surface area contributed by atoms with Crippen molar-refractivity contribution in [2.24, 2.45) is 5.92 Å². The highest BCUT2D eigenvalue weighted by molar-refractivity contribution is 5.92. The SMILES string of the molecule is CC(C)(C)c1cc(NC(=O)COC(=O)CC2CCCC2)n(-c2ccccc2)n1. The summed E-state index contributed by atoms with van der Waals surface area (Å²) >= 11 is 0. The topological polar surface area (TPSA) is 73.2 Å². The first-order valence-electron chi connectivity index (χ1n) is 9.94. The van der Waals surface area contributed by atoms with Crippen LogP contribution in [0.2, 0.25) is 0 Å². The van der Waals surface area contributed by atoms with E-state index in [1.165, 1.54) is 12.8 Å². The van der Waals surface area contributed by atoms with Gasteiger partial charge < -0.3 is 10.1 Å². The molecule has 1 aliphatic carbocycles. The van der Waals surface area contributed by atoms with Crippen LogP contribution in [-0.4, -0.2) is 28.3 Å². The van der Waals surface area contributed by atoms with Gasteiger partial charge in [-0.1, -0.05) is 51.8 Å². The van der Waals surface area contributed by atoms with Gasteiger partial charge in [0.15, 0.2) is 6.61 Å². The number of hydrogen-bond donors (Lipinski definition) is 1. The van der Waals surface area contributed by atoms with Gasteiger partial charge in [0.2, 0.25) is 0 Å². The molecule has 28 heavy (non-hydrogen) atoms. The lowest BCUT2D eigenvalue weighted by Gasteiger charge is -2.14. The molecule has 1 fully saturated rings. The van der Waals surface area contributed by atoms with Gasteiger partial charge in [-0.2, -0.15) is 5.10 Å². The summed E-state index contributed by atoms with van der Waals surface area (Å²) in [6.45, 7) is 5.93. The number of amides is 1. The lowest BCUT2D eigenvalue weighted by molar-refractivity contribution is -0.148. The fourth-order valence-corrected chi connectivity index (χ4v) is 3.44. The van der Waals surface area contributed by atoms with E-state index in [0.29, 0.717) is 18.2 Å². The smallest absolute Gasteiger partial charge is 0.306 e. The van der Waals surface area contributed by atoms with Gasteiger partial charge in [0, 0.05) is 17.9 Å². The molecule has 1 aliphatic rings. The summed E-state index contributed by atoms with van der Waals surface area (Å²) in [6.07, 6.45) is 4.92. The summed E-state index contributed by atoms with van der Waals surface area (Å²) in [5, 5.41) is 7.50. The van der Waals surface area contributed by atoms with Crippen molar-refractivity contribution in [3.8, 4) is 5.69 Å². The molecule has 0 radical (unpaired) electrons. The van der Waals surface area contributed by atoms with Crippen LogP contribution in [0.4, 0.5) is 5.82 Å².